The normalized spacial score (nSPS) is 27.6. The molecule has 0 spiro atoms. The minimum absolute atomic E-state index is 0.146. The summed E-state index contributed by atoms with van der Waals surface area (Å²) in [4.78, 5) is 22.8. The van der Waals surface area contributed by atoms with Crippen LogP contribution in [0.3, 0.4) is 0 Å². The molecule has 2 atom stereocenters. The van der Waals surface area contributed by atoms with Gasteiger partial charge < -0.3 is 15.7 Å². The molecule has 114 valence electrons. The van der Waals surface area contributed by atoms with E-state index in [0.717, 1.165) is 32.1 Å². The first-order valence-electron chi connectivity index (χ1n) is 7.34. The molecule has 2 rings (SSSR count). The maximum atomic E-state index is 12.0. The second kappa shape index (κ2) is 6.70. The number of carboxylic acids is 1. The second-order valence-corrected chi connectivity index (χ2v) is 7.14. The van der Waals surface area contributed by atoms with Crippen LogP contribution in [0.15, 0.2) is 0 Å². The molecule has 0 saturated heterocycles. The highest BCUT2D eigenvalue weighted by Gasteiger charge is 2.39. The van der Waals surface area contributed by atoms with Gasteiger partial charge in [-0.05, 0) is 37.4 Å². The lowest BCUT2D eigenvalue weighted by Gasteiger charge is -2.40. The third kappa shape index (κ3) is 3.81. The third-order valence-corrected chi connectivity index (χ3v) is 5.81. The Morgan fingerprint density at radius 2 is 2.05 bits per heavy atom. The number of carbonyl (C=O) groups excluding carboxylic acids is 1. The van der Waals surface area contributed by atoms with E-state index in [4.69, 9.17) is 5.11 Å². The van der Waals surface area contributed by atoms with Crippen molar-refractivity contribution in [3.8, 4) is 0 Å². The van der Waals surface area contributed by atoms with E-state index < -0.39 is 5.97 Å². The maximum absolute atomic E-state index is 12.0. The summed E-state index contributed by atoms with van der Waals surface area (Å²) in [6, 6.07) is 0.106. The Kier molecular flexibility index (Phi) is 5.18. The van der Waals surface area contributed by atoms with E-state index in [9.17, 15) is 9.59 Å². The monoisotopic (exact) mass is 300 g/mol. The molecule has 0 radical (unpaired) electrons. The molecule has 5 nitrogen and oxygen atoms in total. The van der Waals surface area contributed by atoms with Crippen LogP contribution in [0.25, 0.3) is 0 Å². The largest absolute Gasteiger partial charge is 0.481 e. The number of carboxylic acid groups (broad SMARTS) is 1. The van der Waals surface area contributed by atoms with Crippen LogP contribution in [-0.2, 0) is 4.79 Å². The number of urea groups is 1. The molecule has 2 unspecified atom stereocenters. The Morgan fingerprint density at radius 3 is 2.60 bits per heavy atom. The van der Waals surface area contributed by atoms with Crippen LogP contribution in [0.1, 0.15) is 44.9 Å². The molecule has 0 aromatic rings. The van der Waals surface area contributed by atoms with Gasteiger partial charge >= 0.3 is 12.0 Å². The Morgan fingerprint density at radius 1 is 1.30 bits per heavy atom. The Labute approximate surface area is 124 Å². The zero-order valence-electron chi connectivity index (χ0n) is 12.0. The van der Waals surface area contributed by atoms with Gasteiger partial charge in [0, 0.05) is 17.8 Å². The van der Waals surface area contributed by atoms with E-state index in [2.05, 4.69) is 16.9 Å². The summed E-state index contributed by atoms with van der Waals surface area (Å²) in [5, 5.41) is 15.4. The first-order valence-corrected chi connectivity index (χ1v) is 8.62. The molecule has 2 amide bonds. The van der Waals surface area contributed by atoms with Gasteiger partial charge in [-0.25, -0.2) is 4.79 Å². The Balaban J connectivity index is 1.75. The van der Waals surface area contributed by atoms with Crippen molar-refractivity contribution in [1.82, 2.24) is 10.6 Å². The number of amides is 2. The molecule has 2 saturated carbocycles. The number of thioether (sulfide) groups is 1. The maximum Gasteiger partial charge on any atom is 0.315 e. The zero-order valence-corrected chi connectivity index (χ0v) is 12.8. The third-order valence-electron chi connectivity index (χ3n) is 4.64. The lowest BCUT2D eigenvalue weighted by molar-refractivity contribution is -0.141. The van der Waals surface area contributed by atoms with Gasteiger partial charge in [0.2, 0.25) is 0 Å². The summed E-state index contributed by atoms with van der Waals surface area (Å²) in [5.41, 5.74) is -0.211. The number of aliphatic carboxylic acids is 1. The van der Waals surface area contributed by atoms with Crippen molar-refractivity contribution in [3.05, 3.63) is 0 Å². The number of hydrogen-bond acceptors (Lipinski definition) is 3. The molecule has 2 fully saturated rings. The van der Waals surface area contributed by atoms with E-state index in [1.165, 1.54) is 6.42 Å². The standard InChI is InChI=1S/C14H24N2O3S/c1-20-11-5-2-4-10(11)16-13(19)15-9-14(6-3-7-14)8-12(17)18/h10-11H,2-9H2,1H3,(H,17,18)(H2,15,16,19). The highest BCUT2D eigenvalue weighted by atomic mass is 32.2. The molecule has 2 aliphatic rings. The number of hydrogen-bond donors (Lipinski definition) is 3. The van der Waals surface area contributed by atoms with Crippen molar-refractivity contribution in [2.75, 3.05) is 12.8 Å². The van der Waals surface area contributed by atoms with Gasteiger partial charge in [-0.3, -0.25) is 4.79 Å². The Hall–Kier alpha value is -0.910. The smallest absolute Gasteiger partial charge is 0.315 e. The van der Waals surface area contributed by atoms with Crippen LogP contribution in [0, 0.1) is 5.41 Å². The van der Waals surface area contributed by atoms with Crippen LogP contribution >= 0.6 is 11.8 Å². The van der Waals surface area contributed by atoms with Gasteiger partial charge in [0.05, 0.1) is 6.42 Å². The van der Waals surface area contributed by atoms with Gasteiger partial charge in [-0.1, -0.05) is 12.8 Å². The van der Waals surface area contributed by atoms with Crippen LogP contribution in [0.2, 0.25) is 0 Å². The quantitative estimate of drug-likeness (QED) is 0.703. The van der Waals surface area contributed by atoms with Crippen molar-refractivity contribution in [2.24, 2.45) is 5.41 Å². The summed E-state index contributed by atoms with van der Waals surface area (Å²) in [6.07, 6.45) is 8.47. The molecule has 0 aromatic carbocycles. The average Bonchev–Trinajstić information content (AvgIpc) is 2.79. The fraction of sp³-hybridized carbons (Fsp3) is 0.857. The molecule has 20 heavy (non-hydrogen) atoms. The van der Waals surface area contributed by atoms with Crippen LogP contribution in [0.4, 0.5) is 4.79 Å². The highest BCUT2D eigenvalue weighted by molar-refractivity contribution is 7.99. The summed E-state index contributed by atoms with van der Waals surface area (Å²) in [6.45, 7) is 0.474. The highest BCUT2D eigenvalue weighted by Crippen LogP contribution is 2.43. The predicted molar refractivity (Wildman–Crippen MR) is 80.0 cm³/mol. The molecule has 6 heteroatoms. The van der Waals surface area contributed by atoms with Gasteiger partial charge in [0.1, 0.15) is 0 Å². The van der Waals surface area contributed by atoms with E-state index in [-0.39, 0.29) is 23.9 Å². The van der Waals surface area contributed by atoms with E-state index >= 15 is 0 Å². The fourth-order valence-corrected chi connectivity index (χ4v) is 4.21. The van der Waals surface area contributed by atoms with E-state index in [1.807, 2.05) is 11.8 Å². The Bertz CT molecular complexity index is 371. The average molecular weight is 300 g/mol. The van der Waals surface area contributed by atoms with Crippen LogP contribution in [-0.4, -0.2) is 41.2 Å². The summed E-state index contributed by atoms with van der Waals surface area (Å²) < 4.78 is 0. The lowest BCUT2D eigenvalue weighted by atomic mass is 9.66. The van der Waals surface area contributed by atoms with Crippen molar-refractivity contribution < 1.29 is 14.7 Å². The first kappa shape index (κ1) is 15.5. The molecule has 0 aliphatic heterocycles. The topological polar surface area (TPSA) is 78.4 Å². The van der Waals surface area contributed by atoms with Crippen molar-refractivity contribution in [1.29, 1.82) is 0 Å². The SMILES string of the molecule is CSC1CCCC1NC(=O)NCC1(CC(=O)O)CCC1. The van der Waals surface area contributed by atoms with Crippen LogP contribution in [0.5, 0.6) is 0 Å². The number of carbonyl (C=O) groups is 2. The van der Waals surface area contributed by atoms with Gasteiger partial charge in [0.15, 0.2) is 0 Å². The molecule has 3 N–H and O–H groups in total. The first-order chi connectivity index (χ1) is 9.54. The molecule has 2 aliphatic carbocycles. The van der Waals surface area contributed by atoms with Gasteiger partial charge in [-0.2, -0.15) is 11.8 Å². The molecular formula is C14H24N2O3S. The minimum atomic E-state index is -0.773. The molecule has 0 bridgehead atoms. The lowest BCUT2D eigenvalue weighted by Crippen LogP contribution is -2.49. The van der Waals surface area contributed by atoms with Crippen LogP contribution < -0.4 is 10.6 Å². The van der Waals surface area contributed by atoms with Gasteiger partial charge in [-0.15, -0.1) is 0 Å². The number of nitrogens with one attached hydrogen (secondary N) is 2. The number of rotatable bonds is 6. The fourth-order valence-electron chi connectivity index (χ4n) is 3.27. The zero-order chi connectivity index (χ0) is 14.6. The second-order valence-electron chi connectivity index (χ2n) is 6.06. The van der Waals surface area contributed by atoms with E-state index in [1.54, 1.807) is 0 Å². The summed E-state index contributed by atoms with van der Waals surface area (Å²) in [7, 11) is 0. The van der Waals surface area contributed by atoms with Crippen molar-refractivity contribution in [2.45, 2.75) is 56.2 Å². The van der Waals surface area contributed by atoms with Crippen molar-refractivity contribution in [3.63, 3.8) is 0 Å². The summed E-state index contributed by atoms with van der Waals surface area (Å²) >= 11 is 1.81. The minimum Gasteiger partial charge on any atom is -0.481 e. The summed E-state index contributed by atoms with van der Waals surface area (Å²) in [5.74, 6) is -0.773. The van der Waals surface area contributed by atoms with Crippen molar-refractivity contribution >= 4 is 23.8 Å². The molecular weight excluding hydrogens is 276 g/mol. The van der Waals surface area contributed by atoms with Gasteiger partial charge in [0.25, 0.3) is 0 Å². The predicted octanol–water partition coefficient (Wildman–Crippen LogP) is 2.21. The molecule has 0 aromatic heterocycles. The van der Waals surface area contributed by atoms with E-state index in [0.29, 0.717) is 11.8 Å². The molecule has 0 heterocycles.